The van der Waals surface area contributed by atoms with E-state index in [1.54, 1.807) is 11.3 Å². The molecule has 0 spiro atoms. The summed E-state index contributed by atoms with van der Waals surface area (Å²) in [6.07, 6.45) is 6.05. The van der Waals surface area contributed by atoms with Crippen molar-refractivity contribution in [3.8, 4) is 0 Å². The largest absolute Gasteiger partial charge is 0.297 e. The number of thiophene rings is 1. The van der Waals surface area contributed by atoms with Crippen LogP contribution < -0.4 is 0 Å². The van der Waals surface area contributed by atoms with E-state index in [0.717, 1.165) is 32.4 Å². The first-order chi connectivity index (χ1) is 9.66. The molecule has 0 amide bonds. The maximum absolute atomic E-state index is 12.9. The SMILES string of the molecule is CCc1ccc(CC(=O)C(CC)(CC)N2CCCC2)s1. The standard InChI is InChI=1S/C17H27NOS/c1-4-14-9-10-15(20-14)13-16(19)17(5-2,6-3)18-11-7-8-12-18/h9-10H,4-8,11-13H2,1-3H3. The molecule has 112 valence electrons. The van der Waals surface area contributed by atoms with E-state index in [9.17, 15) is 4.79 Å². The molecule has 2 rings (SSSR count). The van der Waals surface area contributed by atoms with E-state index in [0.29, 0.717) is 12.2 Å². The third-order valence-corrected chi connectivity index (χ3v) is 6.03. The Kier molecular flexibility index (Phi) is 5.39. The first-order valence-electron chi connectivity index (χ1n) is 8.02. The Bertz CT molecular complexity index is 442. The second-order valence-electron chi connectivity index (χ2n) is 5.75. The molecule has 0 aliphatic carbocycles. The summed E-state index contributed by atoms with van der Waals surface area (Å²) in [4.78, 5) is 18.0. The molecule has 0 bridgehead atoms. The third-order valence-electron chi connectivity index (χ3n) is 4.80. The molecular formula is C17H27NOS. The maximum Gasteiger partial charge on any atom is 0.158 e. The van der Waals surface area contributed by atoms with Crippen LogP contribution in [0, 0.1) is 0 Å². The van der Waals surface area contributed by atoms with Crippen molar-refractivity contribution in [1.29, 1.82) is 0 Å². The lowest BCUT2D eigenvalue weighted by molar-refractivity contribution is -0.130. The van der Waals surface area contributed by atoms with Crippen molar-refractivity contribution in [2.45, 2.75) is 64.8 Å². The van der Waals surface area contributed by atoms with Gasteiger partial charge in [0, 0.05) is 16.2 Å². The Hall–Kier alpha value is -0.670. The summed E-state index contributed by atoms with van der Waals surface area (Å²) in [6.45, 7) is 8.71. The van der Waals surface area contributed by atoms with Crippen LogP contribution in [0.4, 0.5) is 0 Å². The predicted molar refractivity (Wildman–Crippen MR) is 86.5 cm³/mol. The lowest BCUT2D eigenvalue weighted by Gasteiger charge is -2.39. The van der Waals surface area contributed by atoms with E-state index in [-0.39, 0.29) is 5.54 Å². The topological polar surface area (TPSA) is 20.3 Å². The van der Waals surface area contributed by atoms with E-state index >= 15 is 0 Å². The zero-order chi connectivity index (χ0) is 14.6. The van der Waals surface area contributed by atoms with Gasteiger partial charge in [0.25, 0.3) is 0 Å². The van der Waals surface area contributed by atoms with Gasteiger partial charge < -0.3 is 0 Å². The summed E-state index contributed by atoms with van der Waals surface area (Å²) >= 11 is 1.80. The molecule has 0 saturated carbocycles. The number of carbonyl (C=O) groups excluding carboxylic acids is 1. The van der Waals surface area contributed by atoms with E-state index < -0.39 is 0 Å². The highest BCUT2D eigenvalue weighted by Gasteiger charge is 2.41. The van der Waals surface area contributed by atoms with Crippen molar-refractivity contribution >= 4 is 17.1 Å². The van der Waals surface area contributed by atoms with Crippen LogP contribution in [0.5, 0.6) is 0 Å². The molecule has 0 radical (unpaired) electrons. The minimum atomic E-state index is -0.215. The lowest BCUT2D eigenvalue weighted by atomic mass is 9.84. The highest BCUT2D eigenvalue weighted by molar-refractivity contribution is 7.12. The van der Waals surface area contributed by atoms with Crippen LogP contribution >= 0.6 is 11.3 Å². The van der Waals surface area contributed by atoms with Crippen molar-refractivity contribution in [2.24, 2.45) is 0 Å². The Morgan fingerprint density at radius 2 is 1.75 bits per heavy atom. The second kappa shape index (κ2) is 6.86. The normalized spacial score (nSPS) is 16.8. The first-order valence-corrected chi connectivity index (χ1v) is 8.83. The molecule has 1 aliphatic heterocycles. The van der Waals surface area contributed by atoms with E-state index in [4.69, 9.17) is 0 Å². The fourth-order valence-corrected chi connectivity index (χ4v) is 4.40. The van der Waals surface area contributed by atoms with Crippen LogP contribution in [-0.2, 0) is 17.6 Å². The summed E-state index contributed by atoms with van der Waals surface area (Å²) < 4.78 is 0. The second-order valence-corrected chi connectivity index (χ2v) is 7.01. The van der Waals surface area contributed by atoms with Crippen molar-refractivity contribution in [1.82, 2.24) is 4.90 Å². The monoisotopic (exact) mass is 293 g/mol. The van der Waals surface area contributed by atoms with Gasteiger partial charge >= 0.3 is 0 Å². The van der Waals surface area contributed by atoms with Gasteiger partial charge in [-0.15, -0.1) is 11.3 Å². The molecule has 0 aromatic carbocycles. The minimum absolute atomic E-state index is 0.215. The summed E-state index contributed by atoms with van der Waals surface area (Å²) in [5, 5.41) is 0. The number of rotatable bonds is 7. The zero-order valence-electron chi connectivity index (χ0n) is 13.1. The number of carbonyl (C=O) groups is 1. The smallest absolute Gasteiger partial charge is 0.158 e. The van der Waals surface area contributed by atoms with Crippen LogP contribution in [0.15, 0.2) is 12.1 Å². The Morgan fingerprint density at radius 3 is 2.25 bits per heavy atom. The van der Waals surface area contributed by atoms with Crippen molar-refractivity contribution in [3.05, 3.63) is 21.9 Å². The van der Waals surface area contributed by atoms with Gasteiger partial charge in [-0.25, -0.2) is 0 Å². The first kappa shape index (κ1) is 15.7. The van der Waals surface area contributed by atoms with Gasteiger partial charge in [-0.05, 0) is 57.3 Å². The molecular weight excluding hydrogens is 266 g/mol. The van der Waals surface area contributed by atoms with Gasteiger partial charge in [0.15, 0.2) is 5.78 Å². The minimum Gasteiger partial charge on any atom is -0.297 e. The van der Waals surface area contributed by atoms with E-state index in [1.807, 2.05) is 0 Å². The van der Waals surface area contributed by atoms with E-state index in [2.05, 4.69) is 37.8 Å². The van der Waals surface area contributed by atoms with Crippen molar-refractivity contribution < 1.29 is 4.79 Å². The lowest BCUT2D eigenvalue weighted by Crippen LogP contribution is -2.53. The number of nitrogens with zero attached hydrogens (tertiary/aromatic N) is 1. The molecule has 1 fully saturated rings. The quantitative estimate of drug-likeness (QED) is 0.755. The molecule has 1 aliphatic rings. The summed E-state index contributed by atoms with van der Waals surface area (Å²) in [6, 6.07) is 4.31. The molecule has 0 unspecified atom stereocenters. The Labute approximate surface area is 127 Å². The van der Waals surface area contributed by atoms with Crippen LogP contribution in [0.3, 0.4) is 0 Å². The van der Waals surface area contributed by atoms with Crippen molar-refractivity contribution in [3.63, 3.8) is 0 Å². The molecule has 1 aromatic rings. The molecule has 2 nitrogen and oxygen atoms in total. The highest BCUT2D eigenvalue weighted by atomic mass is 32.1. The molecule has 1 saturated heterocycles. The van der Waals surface area contributed by atoms with Crippen LogP contribution in [0.25, 0.3) is 0 Å². The zero-order valence-corrected chi connectivity index (χ0v) is 13.9. The fourth-order valence-electron chi connectivity index (χ4n) is 3.44. The molecule has 0 N–H and O–H groups in total. The molecule has 2 heterocycles. The molecule has 20 heavy (non-hydrogen) atoms. The number of aryl methyl sites for hydroxylation is 1. The summed E-state index contributed by atoms with van der Waals surface area (Å²) in [7, 11) is 0. The van der Waals surface area contributed by atoms with Crippen LogP contribution in [0.1, 0.15) is 56.2 Å². The summed E-state index contributed by atoms with van der Waals surface area (Å²) in [5.41, 5.74) is -0.215. The Morgan fingerprint density at radius 1 is 1.15 bits per heavy atom. The number of hydrogen-bond donors (Lipinski definition) is 0. The number of Topliss-reactive ketones (excluding diaryl/α,β-unsaturated/α-hetero) is 1. The van der Waals surface area contributed by atoms with Gasteiger partial charge in [-0.2, -0.15) is 0 Å². The van der Waals surface area contributed by atoms with Gasteiger partial charge in [-0.1, -0.05) is 20.8 Å². The van der Waals surface area contributed by atoms with Gasteiger partial charge in [0.2, 0.25) is 0 Å². The van der Waals surface area contributed by atoms with Gasteiger partial charge in [0.05, 0.1) is 5.54 Å². The van der Waals surface area contributed by atoms with Gasteiger partial charge in [0.1, 0.15) is 0 Å². The van der Waals surface area contributed by atoms with Crippen molar-refractivity contribution in [2.75, 3.05) is 13.1 Å². The average molecular weight is 293 g/mol. The maximum atomic E-state index is 12.9. The number of likely N-dealkylation sites (tertiary alicyclic amines) is 1. The third kappa shape index (κ3) is 2.99. The predicted octanol–water partition coefficient (Wildman–Crippen LogP) is 4.08. The molecule has 1 aromatic heterocycles. The fraction of sp³-hybridized carbons (Fsp3) is 0.706. The Balaban J connectivity index is 2.13. The van der Waals surface area contributed by atoms with E-state index in [1.165, 1.54) is 22.6 Å². The number of ketones is 1. The average Bonchev–Trinajstić information content (AvgIpc) is 3.12. The van der Waals surface area contributed by atoms with Gasteiger partial charge in [-0.3, -0.25) is 9.69 Å². The highest BCUT2D eigenvalue weighted by Crippen LogP contribution is 2.31. The van der Waals surface area contributed by atoms with Crippen LogP contribution in [-0.4, -0.2) is 29.3 Å². The van der Waals surface area contributed by atoms with Crippen LogP contribution in [0.2, 0.25) is 0 Å². The molecule has 3 heteroatoms. The molecule has 0 atom stereocenters. The number of hydrogen-bond acceptors (Lipinski definition) is 3. The summed E-state index contributed by atoms with van der Waals surface area (Å²) in [5.74, 6) is 0.425.